The molecular weight excluding hydrogens is 328 g/mol. The SMILES string of the molecule is C[C@@H](O)C(c1ncno1)N1CC2(CCCN2C(=O)OC(C)(C)C)C1=O. The highest BCUT2D eigenvalue weighted by molar-refractivity contribution is 5.96. The molecule has 0 bridgehead atoms. The monoisotopic (exact) mass is 352 g/mol. The lowest BCUT2D eigenvalue weighted by atomic mass is 9.83. The second-order valence-electron chi connectivity index (χ2n) is 7.67. The maximum Gasteiger partial charge on any atom is 0.411 e. The number of hydrogen-bond donors (Lipinski definition) is 1. The number of nitrogens with zero attached hydrogens (tertiary/aromatic N) is 4. The van der Waals surface area contributed by atoms with Crippen LogP contribution in [-0.2, 0) is 9.53 Å². The van der Waals surface area contributed by atoms with Crippen molar-refractivity contribution in [1.29, 1.82) is 0 Å². The number of hydrogen-bond acceptors (Lipinski definition) is 7. The molecule has 2 aliphatic heterocycles. The lowest BCUT2D eigenvalue weighted by Gasteiger charge is -2.53. The van der Waals surface area contributed by atoms with Crippen molar-refractivity contribution in [2.75, 3.05) is 13.1 Å². The highest BCUT2D eigenvalue weighted by Gasteiger charge is 2.62. The van der Waals surface area contributed by atoms with Gasteiger partial charge in [0.25, 0.3) is 11.8 Å². The first-order chi connectivity index (χ1) is 11.7. The van der Waals surface area contributed by atoms with Crippen LogP contribution in [-0.4, -0.2) is 67.4 Å². The van der Waals surface area contributed by atoms with Gasteiger partial charge in [0.05, 0.1) is 12.6 Å². The Balaban J connectivity index is 1.79. The number of amides is 2. The molecule has 3 atom stereocenters. The first-order valence-corrected chi connectivity index (χ1v) is 8.42. The molecule has 2 aliphatic rings. The summed E-state index contributed by atoms with van der Waals surface area (Å²) in [6.45, 7) is 7.73. The fourth-order valence-electron chi connectivity index (χ4n) is 3.58. The molecule has 1 N–H and O–H groups in total. The molecule has 138 valence electrons. The zero-order valence-corrected chi connectivity index (χ0v) is 14.9. The standard InChI is InChI=1S/C16H24N4O5/c1-10(21)11(12-17-9-18-25-12)19-8-16(13(19)22)6-5-7-20(16)14(23)24-15(2,3)4/h9-11,21H,5-8H2,1-4H3/t10-,11?,16?/m1/s1. The maximum absolute atomic E-state index is 13.0. The molecule has 9 heteroatoms. The van der Waals surface area contributed by atoms with Gasteiger partial charge in [0.1, 0.15) is 17.2 Å². The molecule has 1 aromatic heterocycles. The van der Waals surface area contributed by atoms with Crippen LogP contribution in [0.1, 0.15) is 52.5 Å². The summed E-state index contributed by atoms with van der Waals surface area (Å²) in [7, 11) is 0. The lowest BCUT2D eigenvalue weighted by Crippen LogP contribution is -2.74. The van der Waals surface area contributed by atoms with Gasteiger partial charge in [-0.05, 0) is 40.5 Å². The minimum absolute atomic E-state index is 0.181. The van der Waals surface area contributed by atoms with E-state index >= 15 is 0 Å². The summed E-state index contributed by atoms with van der Waals surface area (Å²) < 4.78 is 10.5. The number of aliphatic hydroxyl groups is 1. The third-order valence-electron chi connectivity index (χ3n) is 4.62. The number of aromatic nitrogens is 2. The Kier molecular flexibility index (Phi) is 4.22. The first kappa shape index (κ1) is 17.7. The van der Waals surface area contributed by atoms with E-state index in [-0.39, 0.29) is 11.8 Å². The summed E-state index contributed by atoms with van der Waals surface area (Å²) in [5.74, 6) is -0.0417. The number of ether oxygens (including phenoxy) is 1. The van der Waals surface area contributed by atoms with E-state index in [1.807, 2.05) is 0 Å². The topological polar surface area (TPSA) is 109 Å². The molecule has 3 heterocycles. The van der Waals surface area contributed by atoms with Gasteiger partial charge in [-0.25, -0.2) is 4.79 Å². The number of carbonyl (C=O) groups excluding carboxylic acids is 2. The van der Waals surface area contributed by atoms with Crippen LogP contribution in [0.15, 0.2) is 10.9 Å². The number of likely N-dealkylation sites (tertiary alicyclic amines) is 2. The first-order valence-electron chi connectivity index (χ1n) is 8.42. The van der Waals surface area contributed by atoms with Crippen molar-refractivity contribution >= 4 is 12.0 Å². The molecule has 9 nitrogen and oxygen atoms in total. The molecule has 1 aromatic rings. The van der Waals surface area contributed by atoms with Gasteiger partial charge in [-0.2, -0.15) is 4.98 Å². The molecule has 3 rings (SSSR count). The van der Waals surface area contributed by atoms with Gasteiger partial charge in [-0.3, -0.25) is 9.69 Å². The number of β-lactam (4-membered cyclic amide) rings is 1. The summed E-state index contributed by atoms with van der Waals surface area (Å²) in [5, 5.41) is 13.6. The van der Waals surface area contributed by atoms with Crippen molar-refractivity contribution in [3.05, 3.63) is 12.2 Å². The third kappa shape index (κ3) is 2.97. The van der Waals surface area contributed by atoms with Gasteiger partial charge in [0, 0.05) is 6.54 Å². The van der Waals surface area contributed by atoms with Gasteiger partial charge in [0.15, 0.2) is 6.33 Å². The largest absolute Gasteiger partial charge is 0.444 e. The Hall–Kier alpha value is -2.16. The van der Waals surface area contributed by atoms with Crippen LogP contribution >= 0.6 is 0 Å². The quantitative estimate of drug-likeness (QED) is 0.811. The van der Waals surface area contributed by atoms with Gasteiger partial charge >= 0.3 is 6.09 Å². The van der Waals surface area contributed by atoms with E-state index in [9.17, 15) is 14.7 Å². The number of rotatable bonds is 3. The Morgan fingerprint density at radius 1 is 1.48 bits per heavy atom. The average molecular weight is 352 g/mol. The fraction of sp³-hybridized carbons (Fsp3) is 0.750. The van der Waals surface area contributed by atoms with E-state index in [1.165, 1.54) is 16.1 Å². The molecule has 1 spiro atoms. The Morgan fingerprint density at radius 3 is 2.72 bits per heavy atom. The maximum atomic E-state index is 13.0. The third-order valence-corrected chi connectivity index (χ3v) is 4.62. The van der Waals surface area contributed by atoms with Crippen molar-refractivity contribution in [2.24, 2.45) is 0 Å². The molecule has 2 fully saturated rings. The van der Waals surface area contributed by atoms with Gasteiger partial charge in [-0.1, -0.05) is 5.16 Å². The van der Waals surface area contributed by atoms with Crippen molar-refractivity contribution < 1.29 is 24.0 Å². The summed E-state index contributed by atoms with van der Waals surface area (Å²) in [4.78, 5) is 32.4. The predicted octanol–water partition coefficient (Wildman–Crippen LogP) is 1.10. The molecule has 0 saturated carbocycles. The summed E-state index contributed by atoms with van der Waals surface area (Å²) in [6, 6.07) is -0.721. The predicted molar refractivity (Wildman–Crippen MR) is 85.3 cm³/mol. The van der Waals surface area contributed by atoms with Crippen LogP contribution in [0.3, 0.4) is 0 Å². The highest BCUT2D eigenvalue weighted by atomic mass is 16.6. The molecule has 2 amide bonds. The summed E-state index contributed by atoms with van der Waals surface area (Å²) in [5.41, 5.74) is -1.52. The normalized spacial score (nSPS) is 25.9. The van der Waals surface area contributed by atoms with E-state index in [4.69, 9.17) is 9.26 Å². The number of aliphatic hydroxyl groups excluding tert-OH is 1. The molecule has 0 aromatic carbocycles. The second-order valence-corrected chi connectivity index (χ2v) is 7.67. The minimum Gasteiger partial charge on any atom is -0.444 e. The number of carbonyl (C=O) groups is 2. The Bertz CT molecular complexity index is 654. The Morgan fingerprint density at radius 2 is 2.20 bits per heavy atom. The van der Waals surface area contributed by atoms with Gasteiger partial charge in [-0.15, -0.1) is 0 Å². The van der Waals surface area contributed by atoms with E-state index in [2.05, 4.69) is 10.1 Å². The van der Waals surface area contributed by atoms with Crippen molar-refractivity contribution in [3.8, 4) is 0 Å². The van der Waals surface area contributed by atoms with Crippen LogP contribution in [0.25, 0.3) is 0 Å². The molecule has 0 radical (unpaired) electrons. The fourth-order valence-corrected chi connectivity index (χ4v) is 3.58. The van der Waals surface area contributed by atoms with Gasteiger partial charge < -0.3 is 19.3 Å². The van der Waals surface area contributed by atoms with Crippen LogP contribution in [0.2, 0.25) is 0 Å². The van der Waals surface area contributed by atoms with Crippen molar-refractivity contribution in [3.63, 3.8) is 0 Å². The van der Waals surface area contributed by atoms with E-state index in [0.717, 1.165) is 6.42 Å². The van der Waals surface area contributed by atoms with Crippen molar-refractivity contribution in [2.45, 2.75) is 63.8 Å². The lowest BCUT2D eigenvalue weighted by molar-refractivity contribution is -0.170. The molecular formula is C16H24N4O5. The Labute approximate surface area is 145 Å². The zero-order valence-electron chi connectivity index (χ0n) is 14.9. The molecule has 2 unspecified atom stereocenters. The van der Waals surface area contributed by atoms with Crippen LogP contribution in [0.5, 0.6) is 0 Å². The van der Waals surface area contributed by atoms with Crippen molar-refractivity contribution in [1.82, 2.24) is 19.9 Å². The van der Waals surface area contributed by atoms with E-state index in [0.29, 0.717) is 19.5 Å². The highest BCUT2D eigenvalue weighted by Crippen LogP contribution is 2.44. The smallest absolute Gasteiger partial charge is 0.411 e. The minimum atomic E-state index is -0.893. The van der Waals surface area contributed by atoms with E-state index < -0.39 is 29.4 Å². The molecule has 25 heavy (non-hydrogen) atoms. The summed E-state index contributed by atoms with van der Waals surface area (Å²) in [6.07, 6.45) is 1.19. The molecule has 0 aliphatic carbocycles. The van der Waals surface area contributed by atoms with Crippen LogP contribution in [0.4, 0.5) is 4.79 Å². The second kappa shape index (κ2) is 5.98. The summed E-state index contributed by atoms with van der Waals surface area (Å²) >= 11 is 0. The molecule has 2 saturated heterocycles. The van der Waals surface area contributed by atoms with Gasteiger partial charge in [0.2, 0.25) is 0 Å². The zero-order chi connectivity index (χ0) is 18.4. The van der Waals surface area contributed by atoms with Crippen LogP contribution in [0, 0.1) is 0 Å². The van der Waals surface area contributed by atoms with Crippen LogP contribution < -0.4 is 0 Å². The average Bonchev–Trinajstić information content (AvgIpc) is 3.14. The van der Waals surface area contributed by atoms with E-state index in [1.54, 1.807) is 27.7 Å².